The number of nitrogens with zero attached hydrogens (tertiary/aromatic N) is 1. The van der Waals surface area contributed by atoms with Gasteiger partial charge in [0.2, 0.25) is 0 Å². The lowest BCUT2D eigenvalue weighted by Crippen LogP contribution is -1.95. The van der Waals surface area contributed by atoms with E-state index in [0.717, 1.165) is 11.3 Å². The van der Waals surface area contributed by atoms with Crippen LogP contribution in [0.1, 0.15) is 19.4 Å². The molecule has 1 rings (SSSR count). The molecule has 0 heterocycles. The standard InChI is InChI=1S/C10H13NO2/c1-3-13-11-8(2)9-5-4-6-10(12)7-9/h4-7,12H,3H2,1-2H3. The van der Waals surface area contributed by atoms with Crippen LogP contribution in [0.3, 0.4) is 0 Å². The Labute approximate surface area is 77.6 Å². The maximum atomic E-state index is 9.19. The van der Waals surface area contributed by atoms with Gasteiger partial charge in [0, 0.05) is 5.56 Å². The van der Waals surface area contributed by atoms with Gasteiger partial charge in [-0.1, -0.05) is 17.3 Å². The summed E-state index contributed by atoms with van der Waals surface area (Å²) < 4.78 is 0. The lowest BCUT2D eigenvalue weighted by molar-refractivity contribution is 0.159. The maximum absolute atomic E-state index is 9.19. The molecule has 0 amide bonds. The monoisotopic (exact) mass is 179 g/mol. The zero-order chi connectivity index (χ0) is 9.68. The smallest absolute Gasteiger partial charge is 0.116 e. The number of oxime groups is 1. The number of hydrogen-bond acceptors (Lipinski definition) is 3. The molecule has 1 aromatic carbocycles. The van der Waals surface area contributed by atoms with E-state index in [9.17, 15) is 5.11 Å². The van der Waals surface area contributed by atoms with Crippen LogP contribution in [0.2, 0.25) is 0 Å². The van der Waals surface area contributed by atoms with E-state index in [4.69, 9.17) is 4.84 Å². The second kappa shape index (κ2) is 4.50. The predicted molar refractivity (Wildman–Crippen MR) is 51.9 cm³/mol. The molecule has 0 aromatic heterocycles. The van der Waals surface area contributed by atoms with Crippen molar-refractivity contribution in [2.24, 2.45) is 5.16 Å². The van der Waals surface area contributed by atoms with E-state index in [1.54, 1.807) is 18.2 Å². The Hall–Kier alpha value is -1.51. The SMILES string of the molecule is CCON=C(C)c1cccc(O)c1. The van der Waals surface area contributed by atoms with E-state index in [-0.39, 0.29) is 5.75 Å². The molecule has 0 aliphatic rings. The van der Waals surface area contributed by atoms with Gasteiger partial charge in [-0.25, -0.2) is 0 Å². The first-order valence-electron chi connectivity index (χ1n) is 4.20. The van der Waals surface area contributed by atoms with Crippen molar-refractivity contribution in [1.29, 1.82) is 0 Å². The van der Waals surface area contributed by atoms with Crippen molar-refractivity contribution in [3.63, 3.8) is 0 Å². The first-order chi connectivity index (χ1) is 6.24. The fourth-order valence-electron chi connectivity index (χ4n) is 0.945. The maximum Gasteiger partial charge on any atom is 0.116 e. The predicted octanol–water partition coefficient (Wildman–Crippen LogP) is 2.15. The molecule has 0 aliphatic carbocycles. The van der Waals surface area contributed by atoms with Crippen molar-refractivity contribution in [2.45, 2.75) is 13.8 Å². The molecule has 0 aliphatic heterocycles. The zero-order valence-electron chi connectivity index (χ0n) is 7.82. The van der Waals surface area contributed by atoms with Gasteiger partial charge in [-0.05, 0) is 26.0 Å². The molecule has 13 heavy (non-hydrogen) atoms. The third kappa shape index (κ3) is 2.78. The van der Waals surface area contributed by atoms with Gasteiger partial charge < -0.3 is 9.94 Å². The van der Waals surface area contributed by atoms with Crippen LogP contribution in [0.4, 0.5) is 0 Å². The minimum Gasteiger partial charge on any atom is -0.508 e. The molecule has 0 unspecified atom stereocenters. The molecule has 3 heteroatoms. The van der Waals surface area contributed by atoms with Gasteiger partial charge in [0.25, 0.3) is 0 Å². The number of phenols is 1. The van der Waals surface area contributed by atoms with Crippen molar-refractivity contribution in [3.8, 4) is 5.75 Å². The average molecular weight is 179 g/mol. The highest BCUT2D eigenvalue weighted by molar-refractivity contribution is 5.98. The Morgan fingerprint density at radius 1 is 1.54 bits per heavy atom. The quantitative estimate of drug-likeness (QED) is 0.570. The largest absolute Gasteiger partial charge is 0.508 e. The summed E-state index contributed by atoms with van der Waals surface area (Å²) in [4.78, 5) is 4.90. The Bertz CT molecular complexity index is 308. The van der Waals surface area contributed by atoms with Crippen LogP contribution < -0.4 is 0 Å². The second-order valence-corrected chi connectivity index (χ2v) is 2.64. The Morgan fingerprint density at radius 2 is 2.31 bits per heavy atom. The summed E-state index contributed by atoms with van der Waals surface area (Å²) >= 11 is 0. The molecule has 0 radical (unpaired) electrons. The van der Waals surface area contributed by atoms with E-state index < -0.39 is 0 Å². The number of benzene rings is 1. The molecule has 0 atom stereocenters. The molecule has 0 bridgehead atoms. The summed E-state index contributed by atoms with van der Waals surface area (Å²) in [5, 5.41) is 13.1. The summed E-state index contributed by atoms with van der Waals surface area (Å²) in [5.74, 6) is 0.239. The molecule has 0 saturated heterocycles. The van der Waals surface area contributed by atoms with E-state index in [2.05, 4.69) is 5.16 Å². The third-order valence-electron chi connectivity index (χ3n) is 1.59. The summed E-state index contributed by atoms with van der Waals surface area (Å²) in [5.41, 5.74) is 1.63. The van der Waals surface area contributed by atoms with E-state index in [0.29, 0.717) is 6.61 Å². The van der Waals surface area contributed by atoms with Crippen LogP contribution >= 0.6 is 0 Å². The van der Waals surface area contributed by atoms with Crippen LogP contribution in [0.15, 0.2) is 29.4 Å². The van der Waals surface area contributed by atoms with Gasteiger partial charge in [0.15, 0.2) is 0 Å². The van der Waals surface area contributed by atoms with Gasteiger partial charge in [0.1, 0.15) is 12.4 Å². The van der Waals surface area contributed by atoms with Gasteiger partial charge in [0.05, 0.1) is 5.71 Å². The number of rotatable bonds is 3. The summed E-state index contributed by atoms with van der Waals surface area (Å²) in [7, 11) is 0. The van der Waals surface area contributed by atoms with Crippen molar-refractivity contribution in [1.82, 2.24) is 0 Å². The molecule has 3 nitrogen and oxygen atoms in total. The van der Waals surface area contributed by atoms with Crippen LogP contribution in [0.25, 0.3) is 0 Å². The van der Waals surface area contributed by atoms with Gasteiger partial charge in [-0.15, -0.1) is 0 Å². The Balaban J connectivity index is 2.82. The van der Waals surface area contributed by atoms with Crippen molar-refractivity contribution >= 4 is 5.71 Å². The molecule has 0 saturated carbocycles. The summed E-state index contributed by atoms with van der Waals surface area (Å²) in [6.45, 7) is 4.26. The molecule has 1 N–H and O–H groups in total. The topological polar surface area (TPSA) is 41.8 Å². The van der Waals surface area contributed by atoms with Gasteiger partial charge >= 0.3 is 0 Å². The lowest BCUT2D eigenvalue weighted by atomic mass is 10.1. The molecule has 0 spiro atoms. The van der Waals surface area contributed by atoms with Crippen molar-refractivity contribution in [2.75, 3.05) is 6.61 Å². The highest BCUT2D eigenvalue weighted by Crippen LogP contribution is 2.11. The van der Waals surface area contributed by atoms with Crippen LogP contribution in [-0.2, 0) is 4.84 Å². The lowest BCUT2D eigenvalue weighted by Gasteiger charge is -2.00. The minimum absolute atomic E-state index is 0.239. The second-order valence-electron chi connectivity index (χ2n) is 2.64. The van der Waals surface area contributed by atoms with Crippen LogP contribution in [0.5, 0.6) is 5.75 Å². The number of aromatic hydroxyl groups is 1. The molecular weight excluding hydrogens is 166 g/mol. The van der Waals surface area contributed by atoms with Crippen molar-refractivity contribution < 1.29 is 9.94 Å². The van der Waals surface area contributed by atoms with E-state index in [1.807, 2.05) is 19.9 Å². The summed E-state index contributed by atoms with van der Waals surface area (Å²) in [6, 6.07) is 6.92. The van der Waals surface area contributed by atoms with E-state index in [1.165, 1.54) is 0 Å². The summed E-state index contributed by atoms with van der Waals surface area (Å²) in [6.07, 6.45) is 0. The third-order valence-corrected chi connectivity index (χ3v) is 1.59. The van der Waals surface area contributed by atoms with Gasteiger partial charge in [-0.2, -0.15) is 0 Å². The van der Waals surface area contributed by atoms with Crippen molar-refractivity contribution in [3.05, 3.63) is 29.8 Å². The van der Waals surface area contributed by atoms with Crippen LogP contribution in [0, 0.1) is 0 Å². The number of phenolic OH excluding ortho intramolecular Hbond substituents is 1. The Kier molecular flexibility index (Phi) is 3.31. The van der Waals surface area contributed by atoms with Gasteiger partial charge in [-0.3, -0.25) is 0 Å². The first kappa shape index (κ1) is 9.58. The minimum atomic E-state index is 0.239. The fraction of sp³-hybridized carbons (Fsp3) is 0.300. The fourth-order valence-corrected chi connectivity index (χ4v) is 0.945. The highest BCUT2D eigenvalue weighted by atomic mass is 16.6. The molecule has 70 valence electrons. The zero-order valence-corrected chi connectivity index (χ0v) is 7.82. The molecule has 1 aromatic rings. The Morgan fingerprint density at radius 3 is 2.92 bits per heavy atom. The molecule has 0 fully saturated rings. The molecular formula is C10H13NO2. The van der Waals surface area contributed by atoms with E-state index >= 15 is 0 Å². The average Bonchev–Trinajstić information content (AvgIpc) is 2.14. The first-order valence-corrected chi connectivity index (χ1v) is 4.20. The highest BCUT2D eigenvalue weighted by Gasteiger charge is 1.98. The normalized spacial score (nSPS) is 11.4. The van der Waals surface area contributed by atoms with Crippen LogP contribution in [-0.4, -0.2) is 17.4 Å². The number of hydrogen-bond donors (Lipinski definition) is 1.